The lowest BCUT2D eigenvalue weighted by molar-refractivity contribution is 0.0996. The van der Waals surface area contributed by atoms with Crippen molar-refractivity contribution >= 4 is 19.5 Å². The second kappa shape index (κ2) is 3.84. The highest BCUT2D eigenvalue weighted by molar-refractivity contribution is 6.29. The summed E-state index contributed by atoms with van der Waals surface area (Å²) >= 11 is 0. The first-order valence-corrected chi connectivity index (χ1v) is 4.06. The summed E-state index contributed by atoms with van der Waals surface area (Å²) in [4.78, 5) is 15.0. The summed E-state index contributed by atoms with van der Waals surface area (Å²) in [5.41, 5.74) is 6.35. The molecule has 0 atom stereocenters. The van der Waals surface area contributed by atoms with E-state index in [4.69, 9.17) is 12.2 Å². The van der Waals surface area contributed by atoms with Crippen LogP contribution in [0.1, 0.15) is 16.2 Å². The van der Waals surface area contributed by atoms with E-state index in [1.165, 1.54) is 0 Å². The largest absolute Gasteiger partial charge is 0.364 e. The molecule has 1 heterocycles. The summed E-state index contributed by atoms with van der Waals surface area (Å²) in [6, 6.07) is 0. The molecule has 0 bridgehead atoms. The summed E-state index contributed by atoms with van der Waals surface area (Å²) in [5, 5.41) is 0. The van der Waals surface area contributed by atoms with Gasteiger partial charge in [-0.2, -0.15) is 0 Å². The third-order valence-electron chi connectivity index (χ3n) is 1.84. The minimum absolute atomic E-state index is 0.145. The zero-order valence-electron chi connectivity index (χ0n) is 7.95. The van der Waals surface area contributed by atoms with E-state index in [0.717, 1.165) is 0 Å². The monoisotopic (exact) mass is 187 g/mol. The van der Waals surface area contributed by atoms with E-state index < -0.39 is 5.91 Å². The molecule has 0 saturated carbocycles. The fourth-order valence-electron chi connectivity index (χ4n) is 1.24. The average Bonchev–Trinajstić information content (AvgIpc) is 2.44. The van der Waals surface area contributed by atoms with Gasteiger partial charge in [0.25, 0.3) is 5.91 Å². The molecule has 5 heteroatoms. The SMILES string of the molecule is Bc1nc(C(N)=O)c(C#C)n1CC=C. The molecule has 14 heavy (non-hydrogen) atoms. The van der Waals surface area contributed by atoms with Gasteiger partial charge in [-0.3, -0.25) is 4.79 Å². The topological polar surface area (TPSA) is 60.9 Å². The van der Waals surface area contributed by atoms with Crippen LogP contribution in [0.4, 0.5) is 0 Å². The number of carbonyl (C=O) groups excluding carboxylic acids is 1. The van der Waals surface area contributed by atoms with Crippen LogP contribution in [-0.2, 0) is 6.54 Å². The summed E-state index contributed by atoms with van der Waals surface area (Å²) in [7, 11) is 1.76. The number of primary amides is 1. The Balaban J connectivity index is 3.36. The van der Waals surface area contributed by atoms with E-state index in [-0.39, 0.29) is 5.69 Å². The Morgan fingerprint density at radius 1 is 1.86 bits per heavy atom. The van der Waals surface area contributed by atoms with Gasteiger partial charge in [-0.1, -0.05) is 6.08 Å². The maximum Gasteiger partial charge on any atom is 0.270 e. The molecule has 0 aliphatic heterocycles. The lowest BCUT2D eigenvalue weighted by Gasteiger charge is -2.02. The molecule has 0 fully saturated rings. The van der Waals surface area contributed by atoms with Crippen molar-refractivity contribution in [2.24, 2.45) is 5.73 Å². The van der Waals surface area contributed by atoms with E-state index in [1.807, 2.05) is 0 Å². The van der Waals surface area contributed by atoms with Crippen molar-refractivity contribution in [1.29, 1.82) is 0 Å². The van der Waals surface area contributed by atoms with Gasteiger partial charge in [0, 0.05) is 6.54 Å². The van der Waals surface area contributed by atoms with Crippen LogP contribution in [0, 0.1) is 12.3 Å². The van der Waals surface area contributed by atoms with E-state index in [0.29, 0.717) is 18.0 Å². The molecular weight excluding hydrogens is 177 g/mol. The summed E-state index contributed by atoms with van der Waals surface area (Å²) in [5.74, 6) is 1.80. The predicted octanol–water partition coefficient (Wildman–Crippen LogP) is -1.59. The molecule has 70 valence electrons. The lowest BCUT2D eigenvalue weighted by Crippen LogP contribution is -2.19. The second-order valence-corrected chi connectivity index (χ2v) is 2.76. The van der Waals surface area contributed by atoms with Crippen molar-refractivity contribution in [2.45, 2.75) is 6.54 Å². The molecule has 1 aromatic rings. The first-order valence-electron chi connectivity index (χ1n) is 4.06. The highest BCUT2D eigenvalue weighted by atomic mass is 16.1. The zero-order chi connectivity index (χ0) is 10.7. The van der Waals surface area contributed by atoms with E-state index in [9.17, 15) is 4.79 Å². The number of allylic oxidation sites excluding steroid dienone is 1. The van der Waals surface area contributed by atoms with Crippen molar-refractivity contribution in [2.75, 3.05) is 0 Å². The number of aromatic nitrogens is 2. The first-order chi connectivity index (χ1) is 6.61. The fraction of sp³-hybridized carbons (Fsp3) is 0.111. The number of nitrogens with zero attached hydrogens (tertiary/aromatic N) is 2. The molecule has 1 amide bonds. The van der Waals surface area contributed by atoms with Gasteiger partial charge < -0.3 is 10.3 Å². The number of hydrogen-bond donors (Lipinski definition) is 1. The van der Waals surface area contributed by atoms with Gasteiger partial charge in [0.2, 0.25) is 0 Å². The minimum Gasteiger partial charge on any atom is -0.364 e. The van der Waals surface area contributed by atoms with Crippen molar-refractivity contribution in [3.05, 3.63) is 24.0 Å². The lowest BCUT2D eigenvalue weighted by atomic mass is 10.1. The Labute approximate surface area is 83.2 Å². The molecule has 0 saturated heterocycles. The van der Waals surface area contributed by atoms with Gasteiger partial charge >= 0.3 is 0 Å². The number of carbonyl (C=O) groups is 1. The van der Waals surface area contributed by atoms with E-state index in [2.05, 4.69) is 17.5 Å². The normalized spacial score (nSPS) is 9.36. The van der Waals surface area contributed by atoms with Crippen LogP contribution in [0.3, 0.4) is 0 Å². The molecule has 0 aliphatic carbocycles. The quantitative estimate of drug-likeness (QED) is 0.352. The number of imidazole rings is 1. The van der Waals surface area contributed by atoms with Crippen molar-refractivity contribution in [3.8, 4) is 12.3 Å². The van der Waals surface area contributed by atoms with E-state index >= 15 is 0 Å². The number of hydrogen-bond acceptors (Lipinski definition) is 2. The van der Waals surface area contributed by atoms with Gasteiger partial charge in [-0.25, -0.2) is 4.98 Å². The molecule has 1 rings (SSSR count). The Morgan fingerprint density at radius 2 is 2.50 bits per heavy atom. The average molecular weight is 187 g/mol. The minimum atomic E-state index is -0.608. The first kappa shape index (κ1) is 10.1. The molecule has 0 aromatic carbocycles. The van der Waals surface area contributed by atoms with Gasteiger partial charge in [0.05, 0.1) is 5.72 Å². The van der Waals surface area contributed by atoms with Crippen molar-refractivity contribution in [3.63, 3.8) is 0 Å². The maximum absolute atomic E-state index is 11.0. The molecule has 0 unspecified atom stereocenters. The van der Waals surface area contributed by atoms with Crippen LogP contribution in [0.25, 0.3) is 0 Å². The van der Waals surface area contributed by atoms with Crippen LogP contribution in [-0.4, -0.2) is 23.3 Å². The third kappa shape index (κ3) is 1.55. The summed E-state index contributed by atoms with van der Waals surface area (Å²) < 4.78 is 1.72. The fourth-order valence-corrected chi connectivity index (χ4v) is 1.24. The number of nitrogens with two attached hydrogens (primary N) is 1. The van der Waals surface area contributed by atoms with Crippen molar-refractivity contribution < 1.29 is 4.79 Å². The van der Waals surface area contributed by atoms with Crippen LogP contribution < -0.4 is 11.5 Å². The Hall–Kier alpha value is -1.96. The van der Waals surface area contributed by atoms with Crippen LogP contribution in [0.15, 0.2) is 12.7 Å². The Kier molecular flexibility index (Phi) is 2.77. The molecule has 2 N–H and O–H groups in total. The van der Waals surface area contributed by atoms with Gasteiger partial charge in [-0.05, 0) is 5.92 Å². The Bertz CT molecular complexity index is 428. The molecule has 1 aromatic heterocycles. The smallest absolute Gasteiger partial charge is 0.270 e. The van der Waals surface area contributed by atoms with Crippen LogP contribution in [0.2, 0.25) is 0 Å². The number of rotatable bonds is 3. The standard InChI is InChI=1S/C9H10BN3O/c1-3-5-13-6(4-2)7(8(11)14)12-9(13)10/h2-3H,1,5,10H2,(H2,11,14). The van der Waals surface area contributed by atoms with Gasteiger partial charge in [0.15, 0.2) is 13.5 Å². The third-order valence-corrected chi connectivity index (χ3v) is 1.84. The molecule has 0 spiro atoms. The number of terminal acetylenes is 1. The molecule has 0 aliphatic rings. The molecular formula is C9H10BN3O. The summed E-state index contributed by atoms with van der Waals surface area (Å²) in [6.07, 6.45) is 6.96. The second-order valence-electron chi connectivity index (χ2n) is 2.76. The molecule has 0 radical (unpaired) electrons. The highest BCUT2D eigenvalue weighted by Gasteiger charge is 2.15. The van der Waals surface area contributed by atoms with Gasteiger partial charge in [-0.15, -0.1) is 13.0 Å². The van der Waals surface area contributed by atoms with Crippen LogP contribution >= 0.6 is 0 Å². The zero-order valence-corrected chi connectivity index (χ0v) is 7.95. The Morgan fingerprint density at radius 3 is 2.93 bits per heavy atom. The predicted molar refractivity (Wildman–Crippen MR) is 57.1 cm³/mol. The highest BCUT2D eigenvalue weighted by Crippen LogP contribution is 2.03. The summed E-state index contributed by atoms with van der Waals surface area (Å²) in [6.45, 7) is 4.11. The van der Waals surface area contributed by atoms with Gasteiger partial charge in [0.1, 0.15) is 5.69 Å². The van der Waals surface area contributed by atoms with Crippen molar-refractivity contribution in [1.82, 2.24) is 9.55 Å². The maximum atomic E-state index is 11.0. The van der Waals surface area contributed by atoms with Crippen LogP contribution in [0.5, 0.6) is 0 Å². The molecule has 4 nitrogen and oxygen atoms in total. The number of amides is 1. The van der Waals surface area contributed by atoms with E-state index in [1.54, 1.807) is 18.5 Å².